The van der Waals surface area contributed by atoms with Gasteiger partial charge in [-0.05, 0) is 42.8 Å². The van der Waals surface area contributed by atoms with Crippen molar-refractivity contribution in [1.29, 1.82) is 0 Å². The Kier molecular flexibility index (Phi) is 3.62. The average molecular weight is 344 g/mol. The summed E-state index contributed by atoms with van der Waals surface area (Å²) in [5.41, 5.74) is 1.48. The third-order valence-corrected chi connectivity index (χ3v) is 5.65. The summed E-state index contributed by atoms with van der Waals surface area (Å²) in [6, 6.07) is 5.84. The van der Waals surface area contributed by atoms with E-state index in [1.54, 1.807) is 23.5 Å². The van der Waals surface area contributed by atoms with E-state index in [0.29, 0.717) is 21.6 Å². The molecule has 3 aromatic rings. The van der Waals surface area contributed by atoms with E-state index in [2.05, 4.69) is 16.8 Å². The summed E-state index contributed by atoms with van der Waals surface area (Å²) in [4.78, 5) is 21.6. The first-order valence-electron chi connectivity index (χ1n) is 7.89. The van der Waals surface area contributed by atoms with Gasteiger partial charge in [0.2, 0.25) is 0 Å². The van der Waals surface area contributed by atoms with Gasteiger partial charge in [-0.15, -0.1) is 11.3 Å². The third-order valence-electron chi connectivity index (χ3n) is 4.54. The highest BCUT2D eigenvalue weighted by molar-refractivity contribution is 7.18. The monoisotopic (exact) mass is 344 g/mol. The van der Waals surface area contributed by atoms with Crippen LogP contribution >= 0.6 is 11.3 Å². The smallest absolute Gasteiger partial charge is 0.281 e. The van der Waals surface area contributed by atoms with E-state index < -0.39 is 0 Å². The minimum atomic E-state index is -0.336. The standard InChI is InChI=1S/C17H17FN4OS/c1-2-21-8-7-12-13(9-21)24-16-14(12)17(23)22(19)15(20-16)10-3-5-11(18)6-4-10/h3-6H,2,7-9,19H2,1H3. The minimum Gasteiger partial charge on any atom is -0.334 e. The van der Waals surface area contributed by atoms with E-state index in [-0.39, 0.29) is 11.4 Å². The van der Waals surface area contributed by atoms with Crippen LogP contribution in [0.5, 0.6) is 0 Å². The Hall–Kier alpha value is -2.25. The number of halogens is 1. The van der Waals surface area contributed by atoms with Crippen LogP contribution in [0, 0.1) is 5.82 Å². The second kappa shape index (κ2) is 5.68. The summed E-state index contributed by atoms with van der Waals surface area (Å²) >= 11 is 1.56. The number of aromatic nitrogens is 2. The van der Waals surface area contributed by atoms with Crippen LogP contribution in [0.4, 0.5) is 4.39 Å². The lowest BCUT2D eigenvalue weighted by Gasteiger charge is -2.24. The molecule has 1 aliphatic rings. The van der Waals surface area contributed by atoms with Crippen LogP contribution in [0.25, 0.3) is 21.6 Å². The zero-order chi connectivity index (χ0) is 16.8. The van der Waals surface area contributed by atoms with E-state index in [1.807, 2.05) is 0 Å². The van der Waals surface area contributed by atoms with Gasteiger partial charge in [0.1, 0.15) is 10.6 Å². The largest absolute Gasteiger partial charge is 0.334 e. The van der Waals surface area contributed by atoms with Crippen LogP contribution in [-0.2, 0) is 13.0 Å². The molecule has 0 saturated carbocycles. The summed E-state index contributed by atoms with van der Waals surface area (Å²) in [5.74, 6) is 6.03. The van der Waals surface area contributed by atoms with E-state index >= 15 is 0 Å². The maximum Gasteiger partial charge on any atom is 0.281 e. The number of nitrogens with zero attached hydrogens (tertiary/aromatic N) is 3. The summed E-state index contributed by atoms with van der Waals surface area (Å²) < 4.78 is 14.2. The lowest BCUT2D eigenvalue weighted by atomic mass is 10.1. The van der Waals surface area contributed by atoms with Gasteiger partial charge >= 0.3 is 0 Å². The predicted octanol–water partition coefficient (Wildman–Crippen LogP) is 2.36. The normalized spacial score (nSPS) is 14.9. The Morgan fingerprint density at radius 2 is 2.08 bits per heavy atom. The van der Waals surface area contributed by atoms with Crippen LogP contribution < -0.4 is 11.4 Å². The molecule has 1 aliphatic heterocycles. The number of fused-ring (bicyclic) bond motifs is 3. The Bertz CT molecular complexity index is 977. The number of hydrogen-bond acceptors (Lipinski definition) is 5. The molecule has 2 aromatic heterocycles. The fourth-order valence-corrected chi connectivity index (χ4v) is 4.43. The quantitative estimate of drug-likeness (QED) is 0.725. The van der Waals surface area contributed by atoms with Crippen molar-refractivity contribution < 1.29 is 4.39 Å². The van der Waals surface area contributed by atoms with Crippen molar-refractivity contribution >= 4 is 21.6 Å². The highest BCUT2D eigenvalue weighted by atomic mass is 32.1. The Balaban J connectivity index is 1.92. The van der Waals surface area contributed by atoms with Gasteiger partial charge in [0, 0.05) is 23.5 Å². The van der Waals surface area contributed by atoms with Crippen molar-refractivity contribution in [3.05, 3.63) is 50.9 Å². The predicted molar refractivity (Wildman–Crippen MR) is 94.1 cm³/mol. The number of benzene rings is 1. The molecule has 0 amide bonds. The first-order chi connectivity index (χ1) is 11.6. The van der Waals surface area contributed by atoms with Gasteiger partial charge in [0.05, 0.1) is 5.39 Å². The molecule has 124 valence electrons. The molecule has 7 heteroatoms. The average Bonchev–Trinajstić information content (AvgIpc) is 2.96. The second-order valence-electron chi connectivity index (χ2n) is 5.92. The van der Waals surface area contributed by atoms with E-state index in [4.69, 9.17) is 5.84 Å². The molecule has 0 radical (unpaired) electrons. The zero-order valence-electron chi connectivity index (χ0n) is 13.3. The molecule has 5 nitrogen and oxygen atoms in total. The van der Waals surface area contributed by atoms with Crippen LogP contribution in [0.2, 0.25) is 0 Å². The van der Waals surface area contributed by atoms with Gasteiger partial charge < -0.3 is 5.84 Å². The van der Waals surface area contributed by atoms with Crippen molar-refractivity contribution in [3.8, 4) is 11.4 Å². The van der Waals surface area contributed by atoms with Gasteiger partial charge in [-0.25, -0.2) is 14.1 Å². The molecule has 0 bridgehead atoms. The highest BCUT2D eigenvalue weighted by Gasteiger charge is 2.24. The minimum absolute atomic E-state index is 0.234. The van der Waals surface area contributed by atoms with E-state index in [9.17, 15) is 9.18 Å². The molecule has 0 fully saturated rings. The molecular weight excluding hydrogens is 327 g/mol. The summed E-state index contributed by atoms with van der Waals surface area (Å²) in [5, 5.41) is 0.638. The Morgan fingerprint density at radius 3 is 2.79 bits per heavy atom. The SMILES string of the molecule is CCN1CCc2c(sc3nc(-c4ccc(F)cc4)n(N)c(=O)c23)C1. The molecule has 1 aromatic carbocycles. The number of rotatable bonds is 2. The van der Waals surface area contributed by atoms with Crippen LogP contribution in [0.15, 0.2) is 29.1 Å². The molecule has 0 saturated heterocycles. The molecule has 0 atom stereocenters. The van der Waals surface area contributed by atoms with Crippen molar-refractivity contribution in [2.75, 3.05) is 18.9 Å². The lowest BCUT2D eigenvalue weighted by molar-refractivity contribution is 0.272. The lowest BCUT2D eigenvalue weighted by Crippen LogP contribution is -2.32. The number of nitrogen functional groups attached to an aromatic ring is 1. The summed E-state index contributed by atoms with van der Waals surface area (Å²) in [6.45, 7) is 4.92. The molecule has 24 heavy (non-hydrogen) atoms. The molecule has 4 rings (SSSR count). The fraction of sp³-hybridized carbons (Fsp3) is 0.294. The summed E-state index contributed by atoms with van der Waals surface area (Å²) in [7, 11) is 0. The maximum atomic E-state index is 13.1. The number of nitrogens with two attached hydrogens (primary N) is 1. The van der Waals surface area contributed by atoms with Gasteiger partial charge in [0.25, 0.3) is 5.56 Å². The van der Waals surface area contributed by atoms with Crippen LogP contribution in [0.3, 0.4) is 0 Å². The molecule has 0 spiro atoms. The molecule has 0 unspecified atom stereocenters. The maximum absolute atomic E-state index is 13.1. The van der Waals surface area contributed by atoms with Crippen molar-refractivity contribution in [1.82, 2.24) is 14.6 Å². The van der Waals surface area contributed by atoms with Gasteiger partial charge in [0.15, 0.2) is 5.82 Å². The fourth-order valence-electron chi connectivity index (χ4n) is 3.18. The first-order valence-corrected chi connectivity index (χ1v) is 8.70. The topological polar surface area (TPSA) is 64.2 Å². The number of hydrogen-bond donors (Lipinski definition) is 1. The molecular formula is C17H17FN4OS. The van der Waals surface area contributed by atoms with Gasteiger partial charge in [-0.2, -0.15) is 0 Å². The number of likely N-dealkylation sites (N-methyl/N-ethyl adjacent to an activating group) is 1. The van der Waals surface area contributed by atoms with E-state index in [1.165, 1.54) is 17.0 Å². The van der Waals surface area contributed by atoms with Crippen molar-refractivity contribution in [3.63, 3.8) is 0 Å². The highest BCUT2D eigenvalue weighted by Crippen LogP contribution is 2.33. The van der Waals surface area contributed by atoms with Crippen molar-refractivity contribution in [2.24, 2.45) is 0 Å². The zero-order valence-corrected chi connectivity index (χ0v) is 14.1. The van der Waals surface area contributed by atoms with Gasteiger partial charge in [-0.1, -0.05) is 6.92 Å². The third kappa shape index (κ3) is 2.32. The van der Waals surface area contributed by atoms with Crippen LogP contribution in [0.1, 0.15) is 17.4 Å². The Labute approximate surface area is 142 Å². The van der Waals surface area contributed by atoms with Gasteiger partial charge in [-0.3, -0.25) is 9.69 Å². The van der Waals surface area contributed by atoms with Crippen molar-refractivity contribution in [2.45, 2.75) is 19.9 Å². The summed E-state index contributed by atoms with van der Waals surface area (Å²) in [6.07, 6.45) is 0.843. The number of thiophene rings is 1. The Morgan fingerprint density at radius 1 is 1.33 bits per heavy atom. The molecule has 2 N–H and O–H groups in total. The molecule has 0 aliphatic carbocycles. The van der Waals surface area contributed by atoms with Crippen LogP contribution in [-0.4, -0.2) is 27.6 Å². The molecule has 3 heterocycles. The van der Waals surface area contributed by atoms with E-state index in [0.717, 1.165) is 36.3 Å². The first kappa shape index (κ1) is 15.3. The second-order valence-corrected chi connectivity index (χ2v) is 7.00.